The Morgan fingerprint density at radius 1 is 1.10 bits per heavy atom. The van der Waals surface area contributed by atoms with E-state index in [1.54, 1.807) is 12.1 Å². The van der Waals surface area contributed by atoms with Gasteiger partial charge in [0.2, 0.25) is 15.9 Å². The number of nitro benzene ring substituents is 1. The minimum absolute atomic E-state index is 0.0345. The van der Waals surface area contributed by atoms with Crippen LogP contribution in [0, 0.1) is 10.1 Å². The van der Waals surface area contributed by atoms with E-state index in [-0.39, 0.29) is 22.9 Å². The van der Waals surface area contributed by atoms with Crippen molar-refractivity contribution >= 4 is 27.3 Å². The first-order valence-electron chi connectivity index (χ1n) is 9.20. The van der Waals surface area contributed by atoms with Crippen molar-refractivity contribution in [3.63, 3.8) is 0 Å². The molecule has 1 heterocycles. The van der Waals surface area contributed by atoms with Crippen LogP contribution in [0.2, 0.25) is 0 Å². The maximum Gasteiger partial charge on any atom is 0.269 e. The van der Waals surface area contributed by atoms with Crippen LogP contribution in [0.1, 0.15) is 5.56 Å². The number of hydrogen-bond donors (Lipinski definition) is 2. The Morgan fingerprint density at radius 2 is 1.69 bits per heavy atom. The third-order valence-corrected chi connectivity index (χ3v) is 6.78. The van der Waals surface area contributed by atoms with Gasteiger partial charge in [-0.1, -0.05) is 12.1 Å². The molecule has 1 aliphatic rings. The highest BCUT2D eigenvalue weighted by atomic mass is 32.2. The van der Waals surface area contributed by atoms with Gasteiger partial charge in [-0.15, -0.1) is 0 Å². The average molecular weight is 419 g/mol. The Labute approximate surface area is 169 Å². The fraction of sp³-hybridized carbons (Fsp3) is 0.316. The summed E-state index contributed by atoms with van der Waals surface area (Å²) in [7, 11) is -1.50. The lowest BCUT2D eigenvalue weighted by molar-refractivity contribution is -0.883. The molecule has 10 heteroatoms. The molecular weight excluding hydrogens is 396 g/mol. The molecule has 0 aromatic heterocycles. The predicted octanol–water partition coefficient (Wildman–Crippen LogP) is 0.295. The number of anilines is 1. The number of sulfonamides is 1. The van der Waals surface area contributed by atoms with Gasteiger partial charge in [0.25, 0.3) is 5.69 Å². The topological polar surface area (TPSA) is 114 Å². The zero-order chi connectivity index (χ0) is 21.0. The number of piperazine rings is 1. The highest BCUT2D eigenvalue weighted by Gasteiger charge is 2.29. The van der Waals surface area contributed by atoms with Crippen LogP contribution < -0.4 is 10.2 Å². The fourth-order valence-electron chi connectivity index (χ4n) is 3.09. The Bertz CT molecular complexity index is 982. The molecule has 9 nitrogen and oxygen atoms in total. The number of non-ortho nitro benzene ring substituents is 1. The van der Waals surface area contributed by atoms with Crippen LogP contribution >= 0.6 is 0 Å². The molecule has 29 heavy (non-hydrogen) atoms. The number of carbonyl (C=O) groups excluding carboxylic acids is 1. The van der Waals surface area contributed by atoms with Gasteiger partial charge in [0.15, 0.2) is 0 Å². The zero-order valence-electron chi connectivity index (χ0n) is 16.0. The van der Waals surface area contributed by atoms with Gasteiger partial charge in [0.1, 0.15) is 0 Å². The van der Waals surface area contributed by atoms with Gasteiger partial charge < -0.3 is 10.2 Å². The van der Waals surface area contributed by atoms with Crippen LogP contribution in [0.25, 0.3) is 0 Å². The largest absolute Gasteiger partial charge is 0.335 e. The Morgan fingerprint density at radius 3 is 2.24 bits per heavy atom. The molecule has 154 valence electrons. The monoisotopic (exact) mass is 419 g/mol. The van der Waals surface area contributed by atoms with Gasteiger partial charge in [0, 0.05) is 17.8 Å². The van der Waals surface area contributed by atoms with Gasteiger partial charge >= 0.3 is 0 Å². The standard InChI is InChI=1S/C19H22N4O5S/c1-21-10-12-22(13-11-21)29(27,28)18-8-4-16(5-9-18)20-19(24)14-15-2-6-17(7-3-15)23(25)26/h2-9H,10-14H2,1H3,(H,20,24)/p+1. The molecule has 0 unspecified atom stereocenters. The minimum atomic E-state index is -3.54. The summed E-state index contributed by atoms with van der Waals surface area (Å²) in [6.07, 6.45) is 0.0572. The SMILES string of the molecule is C[NH+]1CCN(S(=O)(=O)c2ccc(NC(=O)Cc3ccc([N+](=O)[O-])cc3)cc2)CC1. The van der Waals surface area contributed by atoms with Crippen molar-refractivity contribution in [1.82, 2.24) is 4.31 Å². The molecule has 0 spiro atoms. The molecule has 1 amide bonds. The number of benzene rings is 2. The number of likely N-dealkylation sites (N-methyl/N-ethyl adjacent to an activating group) is 1. The molecule has 2 aromatic rings. The fourth-order valence-corrected chi connectivity index (χ4v) is 4.54. The lowest BCUT2D eigenvalue weighted by atomic mass is 10.1. The van der Waals surface area contributed by atoms with Crippen molar-refractivity contribution in [2.75, 3.05) is 38.5 Å². The summed E-state index contributed by atoms with van der Waals surface area (Å²) < 4.78 is 26.9. The lowest BCUT2D eigenvalue weighted by Gasteiger charge is -2.29. The molecule has 2 N–H and O–H groups in total. The summed E-state index contributed by atoms with van der Waals surface area (Å²) in [6, 6.07) is 11.9. The van der Waals surface area contributed by atoms with E-state index in [1.165, 1.54) is 45.6 Å². The quantitative estimate of drug-likeness (QED) is 0.516. The van der Waals surface area contributed by atoms with E-state index in [2.05, 4.69) is 5.32 Å². The Balaban J connectivity index is 1.61. The molecule has 1 aliphatic heterocycles. The van der Waals surface area contributed by atoms with Crippen LogP contribution in [-0.2, 0) is 21.2 Å². The third-order valence-electron chi connectivity index (χ3n) is 4.86. The van der Waals surface area contributed by atoms with Crippen LogP contribution in [0.5, 0.6) is 0 Å². The third kappa shape index (κ3) is 5.17. The lowest BCUT2D eigenvalue weighted by Crippen LogP contribution is -3.12. The van der Waals surface area contributed by atoms with Crippen molar-refractivity contribution in [2.24, 2.45) is 0 Å². The Kier molecular flexibility index (Phi) is 6.26. The van der Waals surface area contributed by atoms with E-state index in [0.717, 1.165) is 13.1 Å². The summed E-state index contributed by atoms with van der Waals surface area (Å²) >= 11 is 0. The van der Waals surface area contributed by atoms with E-state index < -0.39 is 14.9 Å². The van der Waals surface area contributed by atoms with Gasteiger partial charge in [-0.25, -0.2) is 8.42 Å². The van der Waals surface area contributed by atoms with Gasteiger partial charge in [-0.3, -0.25) is 14.9 Å². The number of amides is 1. The molecule has 1 saturated heterocycles. The highest BCUT2D eigenvalue weighted by molar-refractivity contribution is 7.89. The van der Waals surface area contributed by atoms with Gasteiger partial charge in [-0.05, 0) is 29.8 Å². The maximum atomic E-state index is 12.7. The highest BCUT2D eigenvalue weighted by Crippen LogP contribution is 2.19. The number of quaternary nitrogens is 1. The molecule has 0 saturated carbocycles. The summed E-state index contributed by atoms with van der Waals surface area (Å²) in [4.78, 5) is 23.9. The van der Waals surface area contributed by atoms with Crippen molar-refractivity contribution in [1.29, 1.82) is 0 Å². The van der Waals surface area contributed by atoms with Crippen LogP contribution in [0.15, 0.2) is 53.4 Å². The minimum Gasteiger partial charge on any atom is -0.335 e. The second kappa shape index (κ2) is 8.68. The van der Waals surface area contributed by atoms with Crippen LogP contribution in [0.4, 0.5) is 11.4 Å². The zero-order valence-corrected chi connectivity index (χ0v) is 16.8. The second-order valence-corrected chi connectivity index (χ2v) is 8.97. The maximum absolute atomic E-state index is 12.7. The molecule has 0 aliphatic carbocycles. The van der Waals surface area contributed by atoms with E-state index in [1.807, 2.05) is 7.05 Å². The number of nitrogens with one attached hydrogen (secondary N) is 2. The molecule has 3 rings (SSSR count). The van der Waals surface area contributed by atoms with Crippen LogP contribution in [0.3, 0.4) is 0 Å². The first kappa shape index (κ1) is 20.9. The van der Waals surface area contributed by atoms with Crippen LogP contribution in [-0.4, -0.2) is 56.8 Å². The van der Waals surface area contributed by atoms with Crippen molar-refractivity contribution < 1.29 is 23.0 Å². The number of rotatable bonds is 6. The van der Waals surface area contributed by atoms with E-state index in [9.17, 15) is 23.3 Å². The molecular formula is C19H23N4O5S+. The first-order valence-corrected chi connectivity index (χ1v) is 10.6. The smallest absolute Gasteiger partial charge is 0.269 e. The molecule has 0 radical (unpaired) electrons. The number of carbonyl (C=O) groups is 1. The van der Waals surface area contributed by atoms with Gasteiger partial charge in [-0.2, -0.15) is 4.31 Å². The van der Waals surface area contributed by atoms with Crippen molar-refractivity contribution in [2.45, 2.75) is 11.3 Å². The summed E-state index contributed by atoms with van der Waals surface area (Å²) in [5.41, 5.74) is 1.09. The number of nitrogens with zero attached hydrogens (tertiary/aromatic N) is 2. The number of hydrogen-bond acceptors (Lipinski definition) is 5. The summed E-state index contributed by atoms with van der Waals surface area (Å²) in [6.45, 7) is 2.52. The molecule has 2 aromatic carbocycles. The number of nitro groups is 1. The summed E-state index contributed by atoms with van der Waals surface area (Å²) in [5, 5.41) is 13.4. The predicted molar refractivity (Wildman–Crippen MR) is 107 cm³/mol. The second-order valence-electron chi connectivity index (χ2n) is 7.03. The summed E-state index contributed by atoms with van der Waals surface area (Å²) in [5.74, 6) is -0.295. The average Bonchev–Trinajstić information content (AvgIpc) is 2.69. The Hall–Kier alpha value is -2.82. The van der Waals surface area contributed by atoms with Gasteiger partial charge in [0.05, 0.1) is 49.5 Å². The van der Waals surface area contributed by atoms with Crippen molar-refractivity contribution in [3.8, 4) is 0 Å². The molecule has 1 fully saturated rings. The molecule has 0 atom stereocenters. The first-order chi connectivity index (χ1) is 13.8. The molecule has 0 bridgehead atoms. The van der Waals surface area contributed by atoms with E-state index in [4.69, 9.17) is 0 Å². The normalized spacial score (nSPS) is 15.8. The van der Waals surface area contributed by atoms with Crippen molar-refractivity contribution in [3.05, 3.63) is 64.2 Å². The van der Waals surface area contributed by atoms with E-state index >= 15 is 0 Å². The van der Waals surface area contributed by atoms with E-state index in [0.29, 0.717) is 24.3 Å².